The number of nitrogen functional groups attached to an aromatic ring is 1. The molecule has 1 aromatic heterocycles. The smallest absolute Gasteiger partial charge is 0.221 e. The van der Waals surface area contributed by atoms with Crippen LogP contribution >= 0.6 is 0 Å². The minimum atomic E-state index is 0.348. The van der Waals surface area contributed by atoms with Gasteiger partial charge in [-0.25, -0.2) is 4.98 Å². The zero-order valence-corrected chi connectivity index (χ0v) is 10.8. The van der Waals surface area contributed by atoms with E-state index in [1.54, 1.807) is 6.20 Å². The van der Waals surface area contributed by atoms with Crippen LogP contribution in [-0.2, 0) is 0 Å². The predicted molar refractivity (Wildman–Crippen MR) is 70.1 cm³/mol. The van der Waals surface area contributed by atoms with Gasteiger partial charge in [0.15, 0.2) is 0 Å². The molecular formula is C12H21N5. The molecule has 0 saturated carbocycles. The summed E-state index contributed by atoms with van der Waals surface area (Å²) >= 11 is 0. The summed E-state index contributed by atoms with van der Waals surface area (Å²) in [5, 5.41) is 0. The van der Waals surface area contributed by atoms with E-state index in [0.717, 1.165) is 23.8 Å². The highest BCUT2D eigenvalue weighted by Gasteiger charge is 2.21. The van der Waals surface area contributed by atoms with Crippen LogP contribution in [0.5, 0.6) is 0 Å². The zero-order chi connectivity index (χ0) is 12.4. The molecule has 0 bridgehead atoms. The highest BCUT2D eigenvalue weighted by molar-refractivity contribution is 5.47. The Kier molecular flexibility index (Phi) is 3.47. The van der Waals surface area contributed by atoms with E-state index >= 15 is 0 Å². The molecule has 1 unspecified atom stereocenters. The molecule has 1 aromatic rings. The fourth-order valence-electron chi connectivity index (χ4n) is 2.48. The summed E-state index contributed by atoms with van der Waals surface area (Å²) in [7, 11) is 4.25. The monoisotopic (exact) mass is 235 g/mol. The second-order valence-corrected chi connectivity index (χ2v) is 5.03. The Morgan fingerprint density at radius 2 is 2.35 bits per heavy atom. The molecule has 17 heavy (non-hydrogen) atoms. The molecule has 94 valence electrons. The van der Waals surface area contributed by atoms with Crippen LogP contribution in [-0.4, -0.2) is 48.6 Å². The van der Waals surface area contributed by atoms with E-state index in [0.29, 0.717) is 5.95 Å². The molecule has 1 atom stereocenters. The molecule has 5 heteroatoms. The van der Waals surface area contributed by atoms with Crippen LogP contribution in [0.2, 0.25) is 0 Å². The molecule has 0 aromatic carbocycles. The number of nitrogens with zero attached hydrogens (tertiary/aromatic N) is 4. The first-order chi connectivity index (χ1) is 8.06. The SMILES string of the molecule is Cc1cnc(N)nc1N(C)CC1CCN(C)C1. The van der Waals surface area contributed by atoms with Crippen molar-refractivity contribution in [2.24, 2.45) is 5.92 Å². The maximum atomic E-state index is 5.64. The second-order valence-electron chi connectivity index (χ2n) is 5.03. The minimum Gasteiger partial charge on any atom is -0.368 e. The Balaban J connectivity index is 2.04. The molecule has 1 aliphatic rings. The normalized spacial score (nSPS) is 20.8. The van der Waals surface area contributed by atoms with Crippen molar-refractivity contribution in [2.75, 3.05) is 44.4 Å². The molecule has 0 amide bonds. The summed E-state index contributed by atoms with van der Waals surface area (Å²) in [6.45, 7) is 5.42. The van der Waals surface area contributed by atoms with Crippen LogP contribution in [0, 0.1) is 12.8 Å². The average Bonchev–Trinajstić information content (AvgIpc) is 2.67. The Morgan fingerprint density at radius 3 is 3.00 bits per heavy atom. The lowest BCUT2D eigenvalue weighted by molar-refractivity contribution is 0.395. The number of anilines is 2. The summed E-state index contributed by atoms with van der Waals surface area (Å²) in [4.78, 5) is 12.9. The van der Waals surface area contributed by atoms with E-state index in [2.05, 4.69) is 33.9 Å². The van der Waals surface area contributed by atoms with Gasteiger partial charge in [-0.2, -0.15) is 4.98 Å². The molecule has 2 heterocycles. The summed E-state index contributed by atoms with van der Waals surface area (Å²) < 4.78 is 0. The maximum Gasteiger partial charge on any atom is 0.221 e. The first-order valence-corrected chi connectivity index (χ1v) is 6.05. The zero-order valence-electron chi connectivity index (χ0n) is 10.8. The number of rotatable bonds is 3. The van der Waals surface area contributed by atoms with Gasteiger partial charge in [0.1, 0.15) is 5.82 Å². The van der Waals surface area contributed by atoms with Gasteiger partial charge in [0.05, 0.1) is 0 Å². The Morgan fingerprint density at radius 1 is 1.59 bits per heavy atom. The van der Waals surface area contributed by atoms with Crippen molar-refractivity contribution < 1.29 is 0 Å². The van der Waals surface area contributed by atoms with Crippen LogP contribution in [0.4, 0.5) is 11.8 Å². The van der Waals surface area contributed by atoms with Gasteiger partial charge in [0.25, 0.3) is 0 Å². The first kappa shape index (κ1) is 12.1. The quantitative estimate of drug-likeness (QED) is 0.838. The third-order valence-corrected chi connectivity index (χ3v) is 3.35. The van der Waals surface area contributed by atoms with E-state index in [1.807, 2.05) is 6.92 Å². The van der Waals surface area contributed by atoms with Gasteiger partial charge in [-0.15, -0.1) is 0 Å². The van der Waals surface area contributed by atoms with Gasteiger partial charge in [-0.05, 0) is 32.9 Å². The Labute approximate surface area is 103 Å². The van der Waals surface area contributed by atoms with Crippen molar-refractivity contribution in [2.45, 2.75) is 13.3 Å². The number of aryl methyl sites for hydroxylation is 1. The molecule has 1 fully saturated rings. The first-order valence-electron chi connectivity index (χ1n) is 6.05. The molecule has 1 aliphatic heterocycles. The van der Waals surface area contributed by atoms with E-state index in [9.17, 15) is 0 Å². The van der Waals surface area contributed by atoms with Crippen molar-refractivity contribution in [1.29, 1.82) is 0 Å². The van der Waals surface area contributed by atoms with Gasteiger partial charge in [0.2, 0.25) is 5.95 Å². The molecule has 0 radical (unpaired) electrons. The van der Waals surface area contributed by atoms with Crippen LogP contribution in [0.15, 0.2) is 6.20 Å². The van der Waals surface area contributed by atoms with Crippen LogP contribution in [0.3, 0.4) is 0 Å². The maximum absolute atomic E-state index is 5.64. The van der Waals surface area contributed by atoms with Gasteiger partial charge < -0.3 is 15.5 Å². The molecular weight excluding hydrogens is 214 g/mol. The summed E-state index contributed by atoms with van der Waals surface area (Å²) in [5.41, 5.74) is 6.72. The summed E-state index contributed by atoms with van der Waals surface area (Å²) in [5.74, 6) is 2.02. The van der Waals surface area contributed by atoms with Crippen molar-refractivity contribution in [1.82, 2.24) is 14.9 Å². The topological polar surface area (TPSA) is 58.3 Å². The lowest BCUT2D eigenvalue weighted by atomic mass is 10.1. The number of aromatic nitrogens is 2. The molecule has 2 N–H and O–H groups in total. The fourth-order valence-corrected chi connectivity index (χ4v) is 2.48. The van der Waals surface area contributed by atoms with Crippen LogP contribution in [0.1, 0.15) is 12.0 Å². The average molecular weight is 235 g/mol. The predicted octanol–water partition coefficient (Wildman–Crippen LogP) is 0.755. The third kappa shape index (κ3) is 2.85. The lowest BCUT2D eigenvalue weighted by Crippen LogP contribution is -2.28. The molecule has 5 nitrogen and oxygen atoms in total. The number of hydrogen-bond acceptors (Lipinski definition) is 5. The molecule has 2 rings (SSSR count). The minimum absolute atomic E-state index is 0.348. The molecule has 1 saturated heterocycles. The fraction of sp³-hybridized carbons (Fsp3) is 0.667. The highest BCUT2D eigenvalue weighted by Crippen LogP contribution is 2.20. The largest absolute Gasteiger partial charge is 0.368 e. The Bertz CT molecular complexity index is 392. The van der Waals surface area contributed by atoms with Crippen molar-refractivity contribution >= 4 is 11.8 Å². The van der Waals surface area contributed by atoms with Crippen LogP contribution in [0.25, 0.3) is 0 Å². The van der Waals surface area contributed by atoms with Gasteiger partial charge >= 0.3 is 0 Å². The van der Waals surface area contributed by atoms with Crippen molar-refractivity contribution in [3.63, 3.8) is 0 Å². The summed E-state index contributed by atoms with van der Waals surface area (Å²) in [6.07, 6.45) is 3.05. The van der Waals surface area contributed by atoms with E-state index in [4.69, 9.17) is 5.73 Å². The van der Waals surface area contributed by atoms with Crippen molar-refractivity contribution in [3.8, 4) is 0 Å². The van der Waals surface area contributed by atoms with Gasteiger partial charge in [0, 0.05) is 31.9 Å². The summed E-state index contributed by atoms with van der Waals surface area (Å²) in [6, 6.07) is 0. The van der Waals surface area contributed by atoms with Gasteiger partial charge in [-0.3, -0.25) is 0 Å². The van der Waals surface area contributed by atoms with E-state index in [-0.39, 0.29) is 0 Å². The second kappa shape index (κ2) is 4.87. The Hall–Kier alpha value is -1.36. The van der Waals surface area contributed by atoms with E-state index < -0.39 is 0 Å². The van der Waals surface area contributed by atoms with Crippen molar-refractivity contribution in [3.05, 3.63) is 11.8 Å². The lowest BCUT2D eigenvalue weighted by Gasteiger charge is -2.23. The van der Waals surface area contributed by atoms with E-state index in [1.165, 1.54) is 19.5 Å². The highest BCUT2D eigenvalue weighted by atomic mass is 15.2. The molecule has 0 aliphatic carbocycles. The molecule has 0 spiro atoms. The third-order valence-electron chi connectivity index (χ3n) is 3.35. The number of nitrogens with two attached hydrogens (primary N) is 1. The standard InChI is InChI=1S/C12H21N5/c1-9-6-14-12(13)15-11(9)17(3)8-10-4-5-16(2)7-10/h6,10H,4-5,7-8H2,1-3H3,(H2,13,14,15). The van der Waals surface area contributed by atoms with Gasteiger partial charge in [-0.1, -0.05) is 0 Å². The number of hydrogen-bond donors (Lipinski definition) is 1. The number of likely N-dealkylation sites (tertiary alicyclic amines) is 1. The van der Waals surface area contributed by atoms with Crippen LogP contribution < -0.4 is 10.6 Å².